The van der Waals surface area contributed by atoms with Crippen LogP contribution in [0, 0.1) is 10.1 Å². The van der Waals surface area contributed by atoms with Gasteiger partial charge in [0.1, 0.15) is 0 Å². The van der Waals surface area contributed by atoms with Crippen LogP contribution in [0.3, 0.4) is 0 Å². The predicted molar refractivity (Wildman–Crippen MR) is 77.5 cm³/mol. The van der Waals surface area contributed by atoms with Crippen molar-refractivity contribution in [2.45, 2.75) is 0 Å². The summed E-state index contributed by atoms with van der Waals surface area (Å²) in [7, 11) is 1.64. The molecule has 0 radical (unpaired) electrons. The van der Waals surface area contributed by atoms with Gasteiger partial charge in [-0.1, -0.05) is 17.7 Å². The fraction of sp³-hybridized carbons (Fsp3) is 0.0909. The van der Waals surface area contributed by atoms with Crippen molar-refractivity contribution in [3.8, 4) is 11.6 Å². The highest BCUT2D eigenvalue weighted by molar-refractivity contribution is 9.10. The molecule has 104 valence electrons. The number of hydrogen-bond acceptors (Lipinski definition) is 6. The van der Waals surface area contributed by atoms with E-state index in [9.17, 15) is 10.1 Å². The fourth-order valence-electron chi connectivity index (χ4n) is 1.38. The zero-order chi connectivity index (χ0) is 14.7. The Labute approximate surface area is 127 Å². The second-order valence-electron chi connectivity index (χ2n) is 3.54. The number of nitrogens with one attached hydrogen (secondary N) is 1. The second kappa shape index (κ2) is 6.02. The van der Waals surface area contributed by atoms with E-state index in [4.69, 9.17) is 16.3 Å². The smallest absolute Gasteiger partial charge is 0.313 e. The van der Waals surface area contributed by atoms with Crippen LogP contribution >= 0.6 is 27.5 Å². The summed E-state index contributed by atoms with van der Waals surface area (Å²) in [6.07, 6.45) is 1.47. The number of nitro benzene ring substituents is 1. The maximum absolute atomic E-state index is 11.0. The third kappa shape index (κ3) is 2.97. The number of benzene rings is 1. The molecule has 0 aliphatic carbocycles. The molecule has 1 aromatic carbocycles. The number of nitro groups is 1. The maximum Gasteiger partial charge on any atom is 0.313 e. The zero-order valence-electron chi connectivity index (χ0n) is 10.1. The SMILES string of the molecule is CNc1ncc(Br)c(Oc2c(Cl)cccc2[N+](=O)[O-])n1. The molecule has 20 heavy (non-hydrogen) atoms. The Morgan fingerprint density at radius 3 is 2.90 bits per heavy atom. The summed E-state index contributed by atoms with van der Waals surface area (Å²) in [5.74, 6) is 0.374. The molecule has 2 rings (SSSR count). The molecule has 0 amide bonds. The van der Waals surface area contributed by atoms with Crippen LogP contribution < -0.4 is 10.1 Å². The van der Waals surface area contributed by atoms with Crippen molar-refractivity contribution in [3.63, 3.8) is 0 Å². The minimum absolute atomic E-state index is 0.0689. The number of para-hydroxylation sites is 1. The molecule has 0 saturated heterocycles. The Hall–Kier alpha value is -1.93. The molecule has 7 nitrogen and oxygen atoms in total. The van der Waals surface area contributed by atoms with E-state index in [0.717, 1.165) is 0 Å². The first-order valence-corrected chi connectivity index (χ1v) is 6.51. The van der Waals surface area contributed by atoms with Gasteiger partial charge in [0.25, 0.3) is 0 Å². The number of ether oxygens (including phenoxy) is 1. The van der Waals surface area contributed by atoms with Crippen LogP contribution in [0.5, 0.6) is 11.6 Å². The van der Waals surface area contributed by atoms with E-state index >= 15 is 0 Å². The highest BCUT2D eigenvalue weighted by Crippen LogP contribution is 2.39. The van der Waals surface area contributed by atoms with Crippen molar-refractivity contribution in [1.29, 1.82) is 0 Å². The Bertz CT molecular complexity index is 668. The topological polar surface area (TPSA) is 90.2 Å². The van der Waals surface area contributed by atoms with Crippen LogP contribution in [0.15, 0.2) is 28.9 Å². The standard InChI is InChI=1S/C11H8BrClN4O3/c1-14-11-15-5-6(12)10(16-11)20-9-7(13)3-2-4-8(9)17(18)19/h2-5H,1H3,(H,14,15,16). The molecule has 0 atom stereocenters. The van der Waals surface area contributed by atoms with Gasteiger partial charge in [0.05, 0.1) is 20.6 Å². The summed E-state index contributed by atoms with van der Waals surface area (Å²) in [4.78, 5) is 18.4. The van der Waals surface area contributed by atoms with E-state index in [1.54, 1.807) is 7.05 Å². The molecule has 0 saturated carbocycles. The summed E-state index contributed by atoms with van der Waals surface area (Å²) in [5.41, 5.74) is -0.242. The highest BCUT2D eigenvalue weighted by Gasteiger charge is 2.20. The predicted octanol–water partition coefficient (Wildman–Crippen LogP) is 3.63. The van der Waals surface area contributed by atoms with Crippen LogP contribution in [0.2, 0.25) is 5.02 Å². The van der Waals surface area contributed by atoms with Crippen LogP contribution in [0.25, 0.3) is 0 Å². The van der Waals surface area contributed by atoms with Crippen molar-refractivity contribution >= 4 is 39.2 Å². The lowest BCUT2D eigenvalue weighted by molar-refractivity contribution is -0.385. The quantitative estimate of drug-likeness (QED) is 0.662. The van der Waals surface area contributed by atoms with Gasteiger partial charge in [0.15, 0.2) is 0 Å². The van der Waals surface area contributed by atoms with Crippen molar-refractivity contribution in [3.05, 3.63) is 44.0 Å². The van der Waals surface area contributed by atoms with Crippen molar-refractivity contribution < 1.29 is 9.66 Å². The van der Waals surface area contributed by atoms with Gasteiger partial charge in [-0.25, -0.2) is 4.98 Å². The number of rotatable bonds is 4. The first kappa shape index (κ1) is 14.5. The molecular weight excluding hydrogens is 352 g/mol. The summed E-state index contributed by atoms with van der Waals surface area (Å²) in [6.45, 7) is 0. The van der Waals surface area contributed by atoms with Crippen LogP contribution in [-0.2, 0) is 0 Å². The number of nitrogens with zero attached hydrogens (tertiary/aromatic N) is 3. The van der Waals surface area contributed by atoms with E-state index in [1.165, 1.54) is 24.4 Å². The van der Waals surface area contributed by atoms with Gasteiger partial charge in [0.2, 0.25) is 17.6 Å². The largest absolute Gasteiger partial charge is 0.429 e. The Morgan fingerprint density at radius 2 is 2.25 bits per heavy atom. The van der Waals surface area contributed by atoms with Gasteiger partial charge >= 0.3 is 5.69 Å². The van der Waals surface area contributed by atoms with Crippen molar-refractivity contribution in [2.24, 2.45) is 0 Å². The average molecular weight is 360 g/mol. The van der Waals surface area contributed by atoms with Crippen molar-refractivity contribution in [1.82, 2.24) is 9.97 Å². The first-order valence-electron chi connectivity index (χ1n) is 5.34. The molecule has 0 aliphatic heterocycles. The lowest BCUT2D eigenvalue weighted by Crippen LogP contribution is -2.00. The van der Waals surface area contributed by atoms with Gasteiger partial charge in [-0.2, -0.15) is 4.98 Å². The van der Waals surface area contributed by atoms with Gasteiger partial charge < -0.3 is 10.1 Å². The Balaban J connectivity index is 2.47. The van der Waals surface area contributed by atoms with Gasteiger partial charge in [0, 0.05) is 13.1 Å². The Kier molecular flexibility index (Phi) is 4.35. The summed E-state index contributed by atoms with van der Waals surface area (Å²) >= 11 is 9.16. The minimum Gasteiger partial charge on any atom is -0.429 e. The lowest BCUT2D eigenvalue weighted by atomic mass is 10.3. The van der Waals surface area contributed by atoms with Crippen LogP contribution in [0.4, 0.5) is 11.6 Å². The lowest BCUT2D eigenvalue weighted by Gasteiger charge is -2.09. The molecule has 1 aromatic heterocycles. The zero-order valence-corrected chi connectivity index (χ0v) is 12.5. The molecule has 0 unspecified atom stereocenters. The normalized spacial score (nSPS) is 10.2. The van der Waals surface area contributed by atoms with Crippen LogP contribution in [-0.4, -0.2) is 21.9 Å². The monoisotopic (exact) mass is 358 g/mol. The minimum atomic E-state index is -0.574. The molecule has 1 N–H and O–H groups in total. The molecule has 2 aromatic rings. The molecule has 0 bridgehead atoms. The van der Waals surface area contributed by atoms with E-state index in [1.807, 2.05) is 0 Å². The third-order valence-corrected chi connectivity index (χ3v) is 3.12. The Morgan fingerprint density at radius 1 is 1.50 bits per heavy atom. The van der Waals surface area contributed by atoms with E-state index in [0.29, 0.717) is 10.4 Å². The third-order valence-electron chi connectivity index (χ3n) is 2.28. The van der Waals surface area contributed by atoms with Crippen LogP contribution in [0.1, 0.15) is 0 Å². The molecule has 0 spiro atoms. The van der Waals surface area contributed by atoms with Gasteiger partial charge in [-0.15, -0.1) is 0 Å². The van der Waals surface area contributed by atoms with Crippen molar-refractivity contribution in [2.75, 3.05) is 12.4 Å². The summed E-state index contributed by atoms with van der Waals surface area (Å²) in [5, 5.41) is 13.8. The average Bonchev–Trinajstić information content (AvgIpc) is 2.43. The second-order valence-corrected chi connectivity index (χ2v) is 4.81. The molecule has 0 aliphatic rings. The molecule has 1 heterocycles. The highest BCUT2D eigenvalue weighted by atomic mass is 79.9. The fourth-order valence-corrected chi connectivity index (χ4v) is 1.86. The number of aromatic nitrogens is 2. The number of hydrogen-bond donors (Lipinski definition) is 1. The van der Waals surface area contributed by atoms with E-state index in [2.05, 4.69) is 31.2 Å². The molecule has 9 heteroatoms. The maximum atomic E-state index is 11.0. The van der Waals surface area contributed by atoms with Gasteiger partial charge in [-0.3, -0.25) is 10.1 Å². The molecule has 0 fully saturated rings. The summed E-state index contributed by atoms with van der Waals surface area (Å²) < 4.78 is 5.91. The van der Waals surface area contributed by atoms with E-state index in [-0.39, 0.29) is 22.3 Å². The number of halogens is 2. The number of anilines is 1. The van der Waals surface area contributed by atoms with E-state index < -0.39 is 4.92 Å². The van der Waals surface area contributed by atoms with Gasteiger partial charge in [-0.05, 0) is 22.0 Å². The summed E-state index contributed by atoms with van der Waals surface area (Å²) in [6, 6.07) is 4.27. The molecular formula is C11H8BrClN4O3. The first-order chi connectivity index (χ1) is 9.52.